The molecule has 1 aromatic rings. The van der Waals surface area contributed by atoms with E-state index in [1.165, 1.54) is 0 Å². The molecule has 0 bridgehead atoms. The van der Waals surface area contributed by atoms with Gasteiger partial charge in [-0.1, -0.05) is 43.1 Å². The van der Waals surface area contributed by atoms with Gasteiger partial charge in [-0.15, -0.1) is 0 Å². The number of benzene rings is 1. The molecule has 0 saturated heterocycles. The number of halogens is 2. The average Bonchev–Trinajstić information content (AvgIpc) is 2.23. The highest BCUT2D eigenvalue weighted by molar-refractivity contribution is 7.88. The van der Waals surface area contributed by atoms with Gasteiger partial charge in [0.2, 0.25) is 10.0 Å². The van der Waals surface area contributed by atoms with Gasteiger partial charge in [0.1, 0.15) is 0 Å². The van der Waals surface area contributed by atoms with Gasteiger partial charge in [-0.3, -0.25) is 0 Å². The van der Waals surface area contributed by atoms with Crippen molar-refractivity contribution in [1.82, 2.24) is 4.72 Å². The van der Waals surface area contributed by atoms with Crippen LogP contribution in [0.3, 0.4) is 0 Å². The third-order valence-electron chi connectivity index (χ3n) is 2.76. The van der Waals surface area contributed by atoms with Gasteiger partial charge in [0.25, 0.3) is 0 Å². The molecule has 3 nitrogen and oxygen atoms in total. The number of sulfonamides is 1. The molecule has 0 aromatic heterocycles. The molecule has 102 valence electrons. The fourth-order valence-corrected chi connectivity index (χ4v) is 3.62. The zero-order valence-corrected chi connectivity index (χ0v) is 12.9. The molecule has 18 heavy (non-hydrogen) atoms. The van der Waals surface area contributed by atoms with E-state index in [4.69, 9.17) is 23.2 Å². The Morgan fingerprint density at radius 1 is 1.17 bits per heavy atom. The Morgan fingerprint density at radius 2 is 1.67 bits per heavy atom. The lowest BCUT2D eigenvalue weighted by Gasteiger charge is -2.18. The topological polar surface area (TPSA) is 46.2 Å². The summed E-state index contributed by atoms with van der Waals surface area (Å²) in [6.45, 7) is 5.74. The quantitative estimate of drug-likeness (QED) is 0.905. The highest BCUT2D eigenvalue weighted by Gasteiger charge is 2.20. The average molecular weight is 310 g/mol. The molecule has 6 heteroatoms. The van der Waals surface area contributed by atoms with Crippen LogP contribution in [0.2, 0.25) is 10.0 Å². The highest BCUT2D eigenvalue weighted by Crippen LogP contribution is 2.26. The van der Waals surface area contributed by atoms with Crippen LogP contribution in [0.4, 0.5) is 0 Å². The van der Waals surface area contributed by atoms with Gasteiger partial charge in [-0.2, -0.15) is 0 Å². The van der Waals surface area contributed by atoms with E-state index in [9.17, 15) is 8.42 Å². The minimum atomic E-state index is -3.44. The van der Waals surface area contributed by atoms with Crippen LogP contribution in [0.5, 0.6) is 0 Å². The molecule has 0 aliphatic heterocycles. The van der Waals surface area contributed by atoms with Crippen molar-refractivity contribution in [2.24, 2.45) is 5.92 Å². The smallest absolute Gasteiger partial charge is 0.212 e. The predicted octanol–water partition coefficient (Wildman–Crippen LogP) is 3.46. The van der Waals surface area contributed by atoms with Crippen LogP contribution in [-0.2, 0) is 15.8 Å². The maximum atomic E-state index is 12.0. The standard InChI is InChI=1S/C12H17Cl2NO2S/c1-8(2)9(3)15-18(16,17)7-10-11(13)5-4-6-12(10)14/h4-6,8-9,15H,7H2,1-3H3. The maximum Gasteiger partial charge on any atom is 0.216 e. The van der Waals surface area contributed by atoms with Gasteiger partial charge in [0.15, 0.2) is 0 Å². The summed E-state index contributed by atoms with van der Waals surface area (Å²) in [5.41, 5.74) is 0.435. The molecule has 0 fully saturated rings. The molecule has 0 heterocycles. The number of nitrogens with one attached hydrogen (secondary N) is 1. The van der Waals surface area contributed by atoms with Crippen molar-refractivity contribution in [2.75, 3.05) is 0 Å². The van der Waals surface area contributed by atoms with Gasteiger partial charge in [-0.25, -0.2) is 13.1 Å². The third kappa shape index (κ3) is 4.43. The Hall–Kier alpha value is -0.290. The molecule has 1 atom stereocenters. The molecular weight excluding hydrogens is 293 g/mol. The van der Waals surface area contributed by atoms with Crippen molar-refractivity contribution >= 4 is 33.2 Å². The van der Waals surface area contributed by atoms with E-state index in [1.54, 1.807) is 18.2 Å². The lowest BCUT2D eigenvalue weighted by Crippen LogP contribution is -2.36. The summed E-state index contributed by atoms with van der Waals surface area (Å²) in [6, 6.07) is 4.82. The minimum absolute atomic E-state index is 0.128. The van der Waals surface area contributed by atoms with Crippen LogP contribution in [-0.4, -0.2) is 14.5 Å². The molecular formula is C12H17Cl2NO2S. The third-order valence-corrected chi connectivity index (χ3v) is 4.87. The second-order valence-electron chi connectivity index (χ2n) is 4.61. The summed E-state index contributed by atoms with van der Waals surface area (Å²) in [5, 5.41) is 0.732. The maximum absolute atomic E-state index is 12.0. The van der Waals surface area contributed by atoms with Crippen LogP contribution >= 0.6 is 23.2 Å². The van der Waals surface area contributed by atoms with E-state index >= 15 is 0 Å². The first kappa shape index (κ1) is 15.8. The van der Waals surface area contributed by atoms with Crippen molar-refractivity contribution in [3.63, 3.8) is 0 Å². The van der Waals surface area contributed by atoms with Crippen molar-refractivity contribution in [3.8, 4) is 0 Å². The number of rotatable bonds is 5. The van der Waals surface area contributed by atoms with Crippen LogP contribution in [0.15, 0.2) is 18.2 Å². The summed E-state index contributed by atoms with van der Waals surface area (Å²) >= 11 is 11.9. The van der Waals surface area contributed by atoms with Crippen LogP contribution in [0.25, 0.3) is 0 Å². The Bertz CT molecular complexity index is 495. The van der Waals surface area contributed by atoms with E-state index in [0.29, 0.717) is 15.6 Å². The van der Waals surface area contributed by atoms with Crippen molar-refractivity contribution in [2.45, 2.75) is 32.6 Å². The summed E-state index contributed by atoms with van der Waals surface area (Å²) < 4.78 is 26.6. The van der Waals surface area contributed by atoms with Gasteiger partial charge in [0, 0.05) is 21.7 Å². The fraction of sp³-hybridized carbons (Fsp3) is 0.500. The molecule has 0 radical (unpaired) electrons. The lowest BCUT2D eigenvalue weighted by molar-refractivity contribution is 0.476. The second kappa shape index (κ2) is 6.24. The van der Waals surface area contributed by atoms with E-state index in [-0.39, 0.29) is 17.7 Å². The Morgan fingerprint density at radius 3 is 2.11 bits per heavy atom. The zero-order chi connectivity index (χ0) is 13.9. The molecule has 0 saturated carbocycles. The zero-order valence-electron chi connectivity index (χ0n) is 10.6. The Labute approximate surface area is 119 Å². The SMILES string of the molecule is CC(C)C(C)NS(=O)(=O)Cc1c(Cl)cccc1Cl. The van der Waals surface area contributed by atoms with Crippen molar-refractivity contribution in [3.05, 3.63) is 33.8 Å². The van der Waals surface area contributed by atoms with Crippen LogP contribution in [0.1, 0.15) is 26.3 Å². The molecule has 0 spiro atoms. The summed E-state index contributed by atoms with van der Waals surface area (Å²) in [7, 11) is -3.44. The molecule has 1 rings (SSSR count). The monoisotopic (exact) mass is 309 g/mol. The lowest BCUT2D eigenvalue weighted by atomic mass is 10.1. The second-order valence-corrected chi connectivity index (χ2v) is 7.18. The van der Waals surface area contributed by atoms with Gasteiger partial charge >= 0.3 is 0 Å². The minimum Gasteiger partial charge on any atom is -0.212 e. The first-order chi connectivity index (χ1) is 8.23. The molecule has 1 aromatic carbocycles. The normalized spacial score (nSPS) is 13.9. The number of hydrogen-bond acceptors (Lipinski definition) is 2. The van der Waals surface area contributed by atoms with E-state index in [1.807, 2.05) is 20.8 Å². The van der Waals surface area contributed by atoms with Crippen LogP contribution in [0, 0.1) is 5.92 Å². The first-order valence-corrected chi connectivity index (χ1v) is 8.06. The van der Waals surface area contributed by atoms with Crippen molar-refractivity contribution < 1.29 is 8.42 Å². The van der Waals surface area contributed by atoms with Gasteiger partial charge in [0.05, 0.1) is 5.75 Å². The molecule has 1 N–H and O–H groups in total. The highest BCUT2D eigenvalue weighted by atomic mass is 35.5. The molecule has 0 aliphatic carbocycles. The summed E-state index contributed by atoms with van der Waals surface area (Å²) in [6.07, 6.45) is 0. The van der Waals surface area contributed by atoms with E-state index in [0.717, 1.165) is 0 Å². The Kier molecular flexibility index (Phi) is 5.46. The number of hydrogen-bond donors (Lipinski definition) is 1. The molecule has 0 amide bonds. The van der Waals surface area contributed by atoms with Gasteiger partial charge < -0.3 is 0 Å². The molecule has 0 aliphatic rings. The summed E-state index contributed by atoms with van der Waals surface area (Å²) in [5.74, 6) is 0.0178. The molecule has 1 unspecified atom stereocenters. The van der Waals surface area contributed by atoms with Crippen LogP contribution < -0.4 is 4.72 Å². The van der Waals surface area contributed by atoms with E-state index in [2.05, 4.69) is 4.72 Å². The predicted molar refractivity (Wildman–Crippen MR) is 76.5 cm³/mol. The first-order valence-electron chi connectivity index (χ1n) is 5.66. The largest absolute Gasteiger partial charge is 0.216 e. The van der Waals surface area contributed by atoms with Crippen molar-refractivity contribution in [1.29, 1.82) is 0 Å². The Balaban J connectivity index is 2.90. The fourth-order valence-electron chi connectivity index (χ4n) is 1.32. The van der Waals surface area contributed by atoms with E-state index < -0.39 is 10.0 Å². The van der Waals surface area contributed by atoms with Gasteiger partial charge in [-0.05, 0) is 25.0 Å². The summed E-state index contributed by atoms with van der Waals surface area (Å²) in [4.78, 5) is 0.